The fourth-order valence-electron chi connectivity index (χ4n) is 2.29. The van der Waals surface area contributed by atoms with Crippen LogP contribution in [0.3, 0.4) is 0 Å². The van der Waals surface area contributed by atoms with Gasteiger partial charge in [0.1, 0.15) is 6.33 Å². The van der Waals surface area contributed by atoms with Gasteiger partial charge in [-0.1, -0.05) is 27.7 Å². The SMILES string of the molecule is CCc1nn(-c2ccncn2)c(CC)c1CNC(C)C. The molecule has 0 fully saturated rings. The van der Waals surface area contributed by atoms with E-state index in [4.69, 9.17) is 5.10 Å². The predicted molar refractivity (Wildman–Crippen MR) is 79.9 cm³/mol. The van der Waals surface area contributed by atoms with Gasteiger partial charge >= 0.3 is 0 Å². The number of aryl methyl sites for hydroxylation is 1. The van der Waals surface area contributed by atoms with Crippen LogP contribution in [0.15, 0.2) is 18.6 Å². The summed E-state index contributed by atoms with van der Waals surface area (Å²) >= 11 is 0. The van der Waals surface area contributed by atoms with Crippen molar-refractivity contribution >= 4 is 0 Å². The van der Waals surface area contributed by atoms with E-state index in [1.54, 1.807) is 12.5 Å². The van der Waals surface area contributed by atoms with Crippen LogP contribution in [0.5, 0.6) is 0 Å². The molecule has 0 radical (unpaired) electrons. The van der Waals surface area contributed by atoms with Gasteiger partial charge in [-0.3, -0.25) is 0 Å². The highest BCUT2D eigenvalue weighted by Gasteiger charge is 2.17. The molecule has 0 bridgehead atoms. The van der Waals surface area contributed by atoms with Crippen LogP contribution < -0.4 is 5.32 Å². The van der Waals surface area contributed by atoms with Crippen LogP contribution in [0.25, 0.3) is 5.82 Å². The Bertz CT molecular complexity index is 545. The molecular formula is C15H23N5. The average molecular weight is 273 g/mol. The van der Waals surface area contributed by atoms with Crippen LogP contribution in [0.4, 0.5) is 0 Å². The second-order valence-corrected chi connectivity index (χ2v) is 5.09. The van der Waals surface area contributed by atoms with E-state index in [9.17, 15) is 0 Å². The molecule has 2 aromatic heterocycles. The molecule has 5 nitrogen and oxygen atoms in total. The maximum Gasteiger partial charge on any atom is 0.156 e. The molecule has 1 N–H and O–H groups in total. The molecule has 0 aliphatic rings. The van der Waals surface area contributed by atoms with Crippen LogP contribution in [0.2, 0.25) is 0 Å². The zero-order chi connectivity index (χ0) is 14.5. The zero-order valence-corrected chi connectivity index (χ0v) is 12.7. The number of rotatable bonds is 6. The fraction of sp³-hybridized carbons (Fsp3) is 0.533. The number of hydrogen-bond donors (Lipinski definition) is 1. The standard InChI is InChI=1S/C15H23N5/c1-5-13-12(9-17-11(3)4)14(6-2)20(19-13)15-7-8-16-10-18-15/h7-8,10-11,17H,5-6,9H2,1-4H3. The topological polar surface area (TPSA) is 55.6 Å². The highest BCUT2D eigenvalue weighted by atomic mass is 15.3. The number of hydrogen-bond acceptors (Lipinski definition) is 4. The zero-order valence-electron chi connectivity index (χ0n) is 12.7. The van der Waals surface area contributed by atoms with Gasteiger partial charge in [0.15, 0.2) is 5.82 Å². The normalized spacial score (nSPS) is 11.2. The average Bonchev–Trinajstić information content (AvgIpc) is 2.83. The largest absolute Gasteiger partial charge is 0.310 e. The van der Waals surface area contributed by atoms with Crippen molar-refractivity contribution in [2.24, 2.45) is 0 Å². The third-order valence-corrected chi connectivity index (χ3v) is 3.31. The lowest BCUT2D eigenvalue weighted by molar-refractivity contribution is 0.584. The first kappa shape index (κ1) is 14.7. The van der Waals surface area contributed by atoms with Gasteiger partial charge in [0.2, 0.25) is 0 Å². The Kier molecular flexibility index (Phi) is 4.84. The summed E-state index contributed by atoms with van der Waals surface area (Å²) in [6.07, 6.45) is 5.18. The Morgan fingerprint density at radius 1 is 1.25 bits per heavy atom. The molecule has 2 heterocycles. The Morgan fingerprint density at radius 2 is 2.05 bits per heavy atom. The van der Waals surface area contributed by atoms with E-state index >= 15 is 0 Å². The van der Waals surface area contributed by atoms with E-state index in [0.717, 1.165) is 30.9 Å². The second-order valence-electron chi connectivity index (χ2n) is 5.09. The lowest BCUT2D eigenvalue weighted by Gasteiger charge is -2.10. The van der Waals surface area contributed by atoms with E-state index in [-0.39, 0.29) is 0 Å². The van der Waals surface area contributed by atoms with Gasteiger partial charge < -0.3 is 5.32 Å². The minimum absolute atomic E-state index is 0.465. The first-order valence-electron chi connectivity index (χ1n) is 7.26. The fourth-order valence-corrected chi connectivity index (χ4v) is 2.29. The Labute approximate surface area is 120 Å². The van der Waals surface area contributed by atoms with Gasteiger partial charge in [-0.25, -0.2) is 14.6 Å². The lowest BCUT2D eigenvalue weighted by Crippen LogP contribution is -2.23. The molecule has 0 atom stereocenters. The van der Waals surface area contributed by atoms with Gasteiger partial charge in [-0.05, 0) is 12.8 Å². The number of aromatic nitrogens is 4. The summed E-state index contributed by atoms with van der Waals surface area (Å²) < 4.78 is 1.96. The Hall–Kier alpha value is -1.75. The van der Waals surface area contributed by atoms with Crippen molar-refractivity contribution in [3.63, 3.8) is 0 Å². The maximum absolute atomic E-state index is 4.73. The van der Waals surface area contributed by atoms with Crippen molar-refractivity contribution in [3.8, 4) is 5.82 Å². The monoisotopic (exact) mass is 273 g/mol. The van der Waals surface area contributed by atoms with Crippen molar-refractivity contribution in [3.05, 3.63) is 35.5 Å². The van der Waals surface area contributed by atoms with E-state index in [1.807, 2.05) is 10.7 Å². The molecule has 0 aliphatic carbocycles. The molecule has 20 heavy (non-hydrogen) atoms. The molecule has 108 valence electrons. The van der Waals surface area contributed by atoms with Gasteiger partial charge in [0, 0.05) is 30.4 Å². The Balaban J connectivity index is 2.43. The third-order valence-electron chi connectivity index (χ3n) is 3.31. The molecule has 5 heteroatoms. The van der Waals surface area contributed by atoms with E-state index in [2.05, 4.69) is 43.0 Å². The summed E-state index contributed by atoms with van der Waals surface area (Å²) in [5, 5.41) is 8.22. The molecule has 0 saturated carbocycles. The van der Waals surface area contributed by atoms with E-state index < -0.39 is 0 Å². The first-order chi connectivity index (χ1) is 9.67. The minimum Gasteiger partial charge on any atom is -0.310 e. The van der Waals surface area contributed by atoms with E-state index in [0.29, 0.717) is 6.04 Å². The minimum atomic E-state index is 0.465. The van der Waals surface area contributed by atoms with Crippen LogP contribution in [-0.2, 0) is 19.4 Å². The summed E-state index contributed by atoms with van der Waals surface area (Å²) in [5.41, 5.74) is 3.68. The number of nitrogens with zero attached hydrogens (tertiary/aromatic N) is 4. The molecule has 0 aromatic carbocycles. The summed E-state index contributed by atoms with van der Waals surface area (Å²) in [5.74, 6) is 0.836. The predicted octanol–water partition coefficient (Wildman–Crippen LogP) is 2.29. The third kappa shape index (κ3) is 3.04. The molecule has 0 spiro atoms. The van der Waals surface area contributed by atoms with Crippen molar-refractivity contribution in [1.29, 1.82) is 0 Å². The summed E-state index contributed by atoms with van der Waals surface area (Å²) in [6.45, 7) is 9.48. The summed E-state index contributed by atoms with van der Waals surface area (Å²) in [7, 11) is 0. The molecule has 0 saturated heterocycles. The summed E-state index contributed by atoms with van der Waals surface area (Å²) in [6, 6.07) is 2.36. The van der Waals surface area contributed by atoms with Crippen molar-refractivity contribution < 1.29 is 0 Å². The first-order valence-corrected chi connectivity index (χ1v) is 7.26. The highest BCUT2D eigenvalue weighted by Crippen LogP contribution is 2.19. The smallest absolute Gasteiger partial charge is 0.156 e. The van der Waals surface area contributed by atoms with Gasteiger partial charge in [0.25, 0.3) is 0 Å². The van der Waals surface area contributed by atoms with Crippen molar-refractivity contribution in [2.75, 3.05) is 0 Å². The van der Waals surface area contributed by atoms with Crippen molar-refractivity contribution in [2.45, 2.75) is 53.1 Å². The number of nitrogens with one attached hydrogen (secondary N) is 1. The summed E-state index contributed by atoms with van der Waals surface area (Å²) in [4.78, 5) is 8.28. The molecule has 2 rings (SSSR count). The molecule has 2 aromatic rings. The van der Waals surface area contributed by atoms with Crippen LogP contribution in [0.1, 0.15) is 44.6 Å². The highest BCUT2D eigenvalue weighted by molar-refractivity contribution is 5.33. The van der Waals surface area contributed by atoms with Gasteiger partial charge in [-0.15, -0.1) is 0 Å². The molecule has 0 aliphatic heterocycles. The second kappa shape index (κ2) is 6.61. The molecule has 0 unspecified atom stereocenters. The van der Waals surface area contributed by atoms with Gasteiger partial charge in [0.05, 0.1) is 11.4 Å². The molecule has 0 amide bonds. The van der Waals surface area contributed by atoms with Gasteiger partial charge in [-0.2, -0.15) is 5.10 Å². The molecular weight excluding hydrogens is 250 g/mol. The Morgan fingerprint density at radius 3 is 2.60 bits per heavy atom. The van der Waals surface area contributed by atoms with Crippen LogP contribution >= 0.6 is 0 Å². The quantitative estimate of drug-likeness (QED) is 0.877. The van der Waals surface area contributed by atoms with Crippen molar-refractivity contribution in [1.82, 2.24) is 25.1 Å². The van der Waals surface area contributed by atoms with E-state index in [1.165, 1.54) is 11.3 Å². The van der Waals surface area contributed by atoms with Crippen LogP contribution in [-0.4, -0.2) is 25.8 Å². The lowest BCUT2D eigenvalue weighted by atomic mass is 10.1. The van der Waals surface area contributed by atoms with Crippen LogP contribution in [0, 0.1) is 0 Å². The maximum atomic E-state index is 4.73.